The van der Waals surface area contributed by atoms with Crippen molar-refractivity contribution in [3.63, 3.8) is 0 Å². The first-order valence-electron chi connectivity index (χ1n) is 4.73. The Morgan fingerprint density at radius 3 is 2.86 bits per heavy atom. The molecule has 3 heteroatoms. The number of hydrogen-bond donors (Lipinski definition) is 0. The third-order valence-electron chi connectivity index (χ3n) is 2.44. The second-order valence-electron chi connectivity index (χ2n) is 3.79. The Kier molecular flexibility index (Phi) is 2.23. The van der Waals surface area contributed by atoms with Crippen LogP contribution in [0.15, 0.2) is 24.3 Å². The number of halogens is 1. The monoisotopic (exact) mass is 193 g/mol. The molecule has 1 heterocycles. The van der Waals surface area contributed by atoms with Gasteiger partial charge in [0.15, 0.2) is 0 Å². The van der Waals surface area contributed by atoms with Gasteiger partial charge in [0.1, 0.15) is 5.82 Å². The second-order valence-corrected chi connectivity index (χ2v) is 3.79. The molecule has 14 heavy (non-hydrogen) atoms. The molecule has 1 unspecified atom stereocenters. The zero-order valence-electron chi connectivity index (χ0n) is 8.03. The minimum Gasteiger partial charge on any atom is -0.312 e. The summed E-state index contributed by atoms with van der Waals surface area (Å²) in [7, 11) is 0. The Morgan fingerprint density at radius 1 is 1.50 bits per heavy atom. The molecule has 0 spiro atoms. The van der Waals surface area contributed by atoms with E-state index in [0.29, 0.717) is 24.6 Å². The van der Waals surface area contributed by atoms with E-state index >= 15 is 0 Å². The lowest BCUT2D eigenvalue weighted by Gasteiger charge is -2.15. The maximum absolute atomic E-state index is 12.9. The summed E-state index contributed by atoms with van der Waals surface area (Å²) in [5.74, 6) is 0.156. The molecular formula is C11H12FNO. The van der Waals surface area contributed by atoms with Gasteiger partial charge < -0.3 is 4.90 Å². The zero-order chi connectivity index (χ0) is 10.1. The summed E-state index contributed by atoms with van der Waals surface area (Å²) in [4.78, 5) is 13.1. The summed E-state index contributed by atoms with van der Waals surface area (Å²) in [5, 5.41) is 0. The molecule has 1 aromatic carbocycles. The van der Waals surface area contributed by atoms with Crippen LogP contribution in [0.3, 0.4) is 0 Å². The van der Waals surface area contributed by atoms with E-state index in [4.69, 9.17) is 0 Å². The summed E-state index contributed by atoms with van der Waals surface area (Å²) in [5.41, 5.74) is 0.666. The Labute approximate surface area is 82.3 Å². The second kappa shape index (κ2) is 3.40. The predicted molar refractivity (Wildman–Crippen MR) is 52.5 cm³/mol. The van der Waals surface area contributed by atoms with Crippen molar-refractivity contribution in [2.24, 2.45) is 5.92 Å². The molecule has 0 bridgehead atoms. The molecule has 2 rings (SSSR count). The molecule has 1 aliphatic heterocycles. The summed E-state index contributed by atoms with van der Waals surface area (Å²) in [6, 6.07) is 6.17. The summed E-state index contributed by atoms with van der Waals surface area (Å²) in [6.45, 7) is 2.72. The van der Waals surface area contributed by atoms with Gasteiger partial charge in [-0.05, 0) is 24.1 Å². The Hall–Kier alpha value is -1.38. The van der Waals surface area contributed by atoms with Gasteiger partial charge >= 0.3 is 0 Å². The predicted octanol–water partition coefficient (Wildman–Crippen LogP) is 2.20. The lowest BCUT2D eigenvalue weighted by molar-refractivity contribution is -0.117. The zero-order valence-corrected chi connectivity index (χ0v) is 8.03. The van der Waals surface area contributed by atoms with Crippen LogP contribution in [0.1, 0.15) is 13.3 Å². The van der Waals surface area contributed by atoms with Crippen molar-refractivity contribution >= 4 is 11.6 Å². The fourth-order valence-corrected chi connectivity index (χ4v) is 1.78. The molecule has 1 saturated heterocycles. The van der Waals surface area contributed by atoms with E-state index in [1.807, 2.05) is 6.92 Å². The summed E-state index contributed by atoms with van der Waals surface area (Å²) < 4.78 is 12.9. The van der Waals surface area contributed by atoms with E-state index < -0.39 is 0 Å². The quantitative estimate of drug-likeness (QED) is 0.669. The van der Waals surface area contributed by atoms with Crippen molar-refractivity contribution < 1.29 is 9.18 Å². The Morgan fingerprint density at radius 2 is 2.29 bits per heavy atom. The highest BCUT2D eigenvalue weighted by Gasteiger charge is 2.27. The van der Waals surface area contributed by atoms with Crippen molar-refractivity contribution in [3.05, 3.63) is 30.1 Å². The molecule has 0 aliphatic carbocycles. The van der Waals surface area contributed by atoms with Gasteiger partial charge in [0, 0.05) is 18.7 Å². The molecule has 1 atom stereocenters. The van der Waals surface area contributed by atoms with Gasteiger partial charge in [0.25, 0.3) is 0 Å². The fraction of sp³-hybridized carbons (Fsp3) is 0.364. The smallest absolute Gasteiger partial charge is 0.227 e. The Bertz CT molecular complexity index is 364. The fourth-order valence-electron chi connectivity index (χ4n) is 1.78. The molecule has 1 aromatic rings. The van der Waals surface area contributed by atoms with Crippen LogP contribution < -0.4 is 4.90 Å². The van der Waals surface area contributed by atoms with Crippen molar-refractivity contribution in [1.29, 1.82) is 0 Å². The van der Waals surface area contributed by atoms with Gasteiger partial charge in [0.05, 0.1) is 0 Å². The number of benzene rings is 1. The molecular weight excluding hydrogens is 181 g/mol. The van der Waals surface area contributed by atoms with Gasteiger partial charge in [0.2, 0.25) is 5.91 Å². The van der Waals surface area contributed by atoms with Crippen LogP contribution in [0.2, 0.25) is 0 Å². The average Bonchev–Trinajstić information content (AvgIpc) is 2.45. The van der Waals surface area contributed by atoms with E-state index in [0.717, 1.165) is 0 Å². The van der Waals surface area contributed by atoms with E-state index in [-0.39, 0.29) is 11.7 Å². The molecule has 0 aromatic heterocycles. The number of rotatable bonds is 1. The molecule has 1 amide bonds. The van der Waals surface area contributed by atoms with Crippen molar-refractivity contribution in [3.8, 4) is 0 Å². The molecule has 0 saturated carbocycles. The van der Waals surface area contributed by atoms with Crippen LogP contribution in [-0.2, 0) is 4.79 Å². The molecule has 2 nitrogen and oxygen atoms in total. The van der Waals surface area contributed by atoms with Crippen LogP contribution >= 0.6 is 0 Å². The number of hydrogen-bond acceptors (Lipinski definition) is 1. The van der Waals surface area contributed by atoms with E-state index in [1.54, 1.807) is 17.0 Å². The van der Waals surface area contributed by atoms with Crippen molar-refractivity contribution in [2.45, 2.75) is 13.3 Å². The van der Waals surface area contributed by atoms with E-state index in [9.17, 15) is 9.18 Å². The molecule has 0 N–H and O–H groups in total. The molecule has 74 valence electrons. The average molecular weight is 193 g/mol. The van der Waals surface area contributed by atoms with Crippen molar-refractivity contribution in [2.75, 3.05) is 11.4 Å². The maximum Gasteiger partial charge on any atom is 0.227 e. The Balaban J connectivity index is 2.27. The highest BCUT2D eigenvalue weighted by atomic mass is 19.1. The topological polar surface area (TPSA) is 20.3 Å². The molecule has 1 fully saturated rings. The highest BCUT2D eigenvalue weighted by molar-refractivity contribution is 5.95. The van der Waals surface area contributed by atoms with Gasteiger partial charge in [-0.2, -0.15) is 0 Å². The lowest BCUT2D eigenvalue weighted by atomic mass is 10.2. The highest BCUT2D eigenvalue weighted by Crippen LogP contribution is 2.24. The first-order valence-corrected chi connectivity index (χ1v) is 4.73. The van der Waals surface area contributed by atoms with Gasteiger partial charge in [-0.25, -0.2) is 4.39 Å². The van der Waals surface area contributed by atoms with Gasteiger partial charge in [-0.15, -0.1) is 0 Å². The number of carbonyl (C=O) groups excluding carboxylic acids is 1. The minimum absolute atomic E-state index is 0.0862. The van der Waals surface area contributed by atoms with E-state index in [2.05, 4.69) is 0 Å². The SMILES string of the molecule is CC1CC(=O)N(c2cccc(F)c2)C1. The maximum atomic E-state index is 12.9. The molecule has 1 aliphatic rings. The standard InChI is InChI=1S/C11H12FNO/c1-8-5-11(14)13(7-8)10-4-2-3-9(12)6-10/h2-4,6,8H,5,7H2,1H3. The summed E-state index contributed by atoms with van der Waals surface area (Å²) >= 11 is 0. The van der Waals surface area contributed by atoms with Crippen LogP contribution in [0, 0.1) is 11.7 Å². The number of anilines is 1. The summed E-state index contributed by atoms with van der Waals surface area (Å²) in [6.07, 6.45) is 0.566. The van der Waals surface area contributed by atoms with Crippen LogP contribution in [0.25, 0.3) is 0 Å². The largest absolute Gasteiger partial charge is 0.312 e. The van der Waals surface area contributed by atoms with E-state index in [1.165, 1.54) is 12.1 Å². The first kappa shape index (κ1) is 9.19. The van der Waals surface area contributed by atoms with Crippen molar-refractivity contribution in [1.82, 2.24) is 0 Å². The van der Waals surface area contributed by atoms with Crippen LogP contribution in [0.5, 0.6) is 0 Å². The number of carbonyl (C=O) groups is 1. The third kappa shape index (κ3) is 1.62. The molecule has 0 radical (unpaired) electrons. The number of nitrogens with zero attached hydrogens (tertiary/aromatic N) is 1. The van der Waals surface area contributed by atoms with Crippen LogP contribution in [-0.4, -0.2) is 12.5 Å². The van der Waals surface area contributed by atoms with Crippen LogP contribution in [0.4, 0.5) is 10.1 Å². The van der Waals surface area contributed by atoms with Gasteiger partial charge in [-0.1, -0.05) is 13.0 Å². The first-order chi connectivity index (χ1) is 6.66. The number of amides is 1. The van der Waals surface area contributed by atoms with Gasteiger partial charge in [-0.3, -0.25) is 4.79 Å². The normalized spacial score (nSPS) is 21.7. The minimum atomic E-state index is -0.296. The lowest BCUT2D eigenvalue weighted by Crippen LogP contribution is -2.24. The third-order valence-corrected chi connectivity index (χ3v) is 2.44.